The lowest BCUT2D eigenvalue weighted by Crippen LogP contribution is -1.96. The van der Waals surface area contributed by atoms with Gasteiger partial charge in [-0.05, 0) is 18.6 Å². The summed E-state index contributed by atoms with van der Waals surface area (Å²) < 4.78 is 15.3. The van der Waals surface area contributed by atoms with Crippen molar-refractivity contribution in [1.29, 1.82) is 0 Å². The third-order valence-electron chi connectivity index (χ3n) is 1.90. The summed E-state index contributed by atoms with van der Waals surface area (Å²) in [5.74, 6) is 2.49. The van der Waals surface area contributed by atoms with E-state index in [4.69, 9.17) is 14.2 Å². The normalized spacial score (nSPS) is 24.0. The summed E-state index contributed by atoms with van der Waals surface area (Å²) in [4.78, 5) is 0. The van der Waals surface area contributed by atoms with Crippen molar-refractivity contribution in [2.75, 3.05) is 51.1 Å². The van der Waals surface area contributed by atoms with E-state index in [9.17, 15) is 0 Å². The molecule has 4 heteroatoms. The molecule has 0 N–H and O–H groups in total. The second kappa shape index (κ2) is 9.77. The Kier molecular flexibility index (Phi) is 8.59. The Morgan fingerprint density at radius 2 is 1.21 bits per heavy atom. The van der Waals surface area contributed by atoms with Gasteiger partial charge in [0, 0.05) is 25.6 Å². The first-order valence-electron chi connectivity index (χ1n) is 5.31. The molecule has 0 radical (unpaired) electrons. The van der Waals surface area contributed by atoms with Crippen molar-refractivity contribution in [2.24, 2.45) is 0 Å². The molecule has 2 fully saturated rings. The number of rotatable bonds is 0. The third kappa shape index (κ3) is 7.62. The van der Waals surface area contributed by atoms with Crippen molar-refractivity contribution in [3.05, 3.63) is 0 Å². The fourth-order valence-corrected chi connectivity index (χ4v) is 1.93. The smallest absolute Gasteiger partial charge is 0.0700 e. The van der Waals surface area contributed by atoms with Crippen LogP contribution in [0.1, 0.15) is 12.8 Å². The van der Waals surface area contributed by atoms with Gasteiger partial charge in [-0.2, -0.15) is 11.8 Å². The second-order valence-electron chi connectivity index (χ2n) is 3.16. The SMILES string of the molecule is C1COCCOC1.C1COCCSC1. The first-order chi connectivity index (χ1) is 7.00. The van der Waals surface area contributed by atoms with E-state index in [-0.39, 0.29) is 0 Å². The average molecular weight is 220 g/mol. The highest BCUT2D eigenvalue weighted by Gasteiger charge is 1.95. The zero-order chi connectivity index (χ0) is 9.90. The van der Waals surface area contributed by atoms with Crippen LogP contribution in [0.2, 0.25) is 0 Å². The zero-order valence-electron chi connectivity index (χ0n) is 8.70. The molecule has 2 heterocycles. The van der Waals surface area contributed by atoms with Crippen molar-refractivity contribution in [3.63, 3.8) is 0 Å². The minimum absolute atomic E-state index is 0.778. The van der Waals surface area contributed by atoms with E-state index in [1.54, 1.807) is 0 Å². The second-order valence-corrected chi connectivity index (χ2v) is 4.38. The Morgan fingerprint density at radius 3 is 2.00 bits per heavy atom. The predicted molar refractivity (Wildman–Crippen MR) is 59.0 cm³/mol. The molecule has 84 valence electrons. The zero-order valence-corrected chi connectivity index (χ0v) is 9.52. The third-order valence-corrected chi connectivity index (χ3v) is 2.93. The molecule has 14 heavy (non-hydrogen) atoms. The summed E-state index contributed by atoms with van der Waals surface area (Å²) in [5, 5.41) is 0. The maximum absolute atomic E-state index is 5.17. The number of hydrogen-bond acceptors (Lipinski definition) is 4. The van der Waals surface area contributed by atoms with E-state index >= 15 is 0 Å². The fraction of sp³-hybridized carbons (Fsp3) is 1.00. The van der Waals surface area contributed by atoms with Crippen molar-refractivity contribution in [2.45, 2.75) is 12.8 Å². The Hall–Kier alpha value is 0.230. The van der Waals surface area contributed by atoms with Gasteiger partial charge in [-0.3, -0.25) is 0 Å². The van der Waals surface area contributed by atoms with Gasteiger partial charge in [-0.1, -0.05) is 0 Å². The number of ether oxygens (including phenoxy) is 3. The predicted octanol–water partition coefficient (Wildman–Crippen LogP) is 1.56. The van der Waals surface area contributed by atoms with Gasteiger partial charge in [0.15, 0.2) is 0 Å². The molecule has 0 amide bonds. The van der Waals surface area contributed by atoms with Crippen molar-refractivity contribution in [3.8, 4) is 0 Å². The van der Waals surface area contributed by atoms with Crippen molar-refractivity contribution < 1.29 is 14.2 Å². The molecule has 0 spiro atoms. The standard InChI is InChI=1S/C5H10O2.C5H10OS/c1-2-6-4-5-7-3-1;1-2-6-3-5-7-4-1/h2*1-5H2. The largest absolute Gasteiger partial charge is 0.381 e. The molecular weight excluding hydrogens is 200 g/mol. The topological polar surface area (TPSA) is 27.7 Å². The van der Waals surface area contributed by atoms with E-state index < -0.39 is 0 Å². The lowest BCUT2D eigenvalue weighted by atomic mass is 10.5. The Morgan fingerprint density at radius 1 is 0.571 bits per heavy atom. The molecular formula is C10H20O3S. The van der Waals surface area contributed by atoms with Crippen LogP contribution in [0.5, 0.6) is 0 Å². The Balaban J connectivity index is 0.000000140. The van der Waals surface area contributed by atoms with Gasteiger partial charge in [0.05, 0.1) is 19.8 Å². The molecule has 0 unspecified atom stereocenters. The van der Waals surface area contributed by atoms with E-state index in [1.807, 2.05) is 11.8 Å². The van der Waals surface area contributed by atoms with Gasteiger partial charge in [0.25, 0.3) is 0 Å². The molecule has 0 aromatic carbocycles. The molecule has 0 aromatic heterocycles. The van der Waals surface area contributed by atoms with Gasteiger partial charge in [-0.15, -0.1) is 0 Å². The minimum atomic E-state index is 0.778. The molecule has 2 saturated heterocycles. The molecule has 2 aliphatic heterocycles. The van der Waals surface area contributed by atoms with Crippen LogP contribution >= 0.6 is 11.8 Å². The van der Waals surface area contributed by atoms with E-state index in [0.29, 0.717) is 0 Å². The van der Waals surface area contributed by atoms with Gasteiger partial charge in [-0.25, -0.2) is 0 Å². The quantitative estimate of drug-likeness (QED) is 0.619. The minimum Gasteiger partial charge on any atom is -0.381 e. The summed E-state index contributed by atoms with van der Waals surface area (Å²) in [6.07, 6.45) is 2.30. The summed E-state index contributed by atoms with van der Waals surface area (Å²) in [5.41, 5.74) is 0. The lowest BCUT2D eigenvalue weighted by Gasteiger charge is -1.91. The average Bonchev–Trinajstić information content (AvgIpc) is 2.68. The van der Waals surface area contributed by atoms with Crippen LogP contribution in [0.3, 0.4) is 0 Å². The number of thioether (sulfide) groups is 1. The van der Waals surface area contributed by atoms with Gasteiger partial charge >= 0.3 is 0 Å². The van der Waals surface area contributed by atoms with E-state index in [2.05, 4.69) is 0 Å². The highest BCUT2D eigenvalue weighted by atomic mass is 32.2. The summed E-state index contributed by atoms with van der Waals surface area (Å²) in [6.45, 7) is 5.25. The first-order valence-corrected chi connectivity index (χ1v) is 6.46. The molecule has 2 rings (SSSR count). The van der Waals surface area contributed by atoms with Crippen LogP contribution in [0.15, 0.2) is 0 Å². The summed E-state index contributed by atoms with van der Waals surface area (Å²) >= 11 is 1.99. The van der Waals surface area contributed by atoms with Gasteiger partial charge in [0.1, 0.15) is 0 Å². The van der Waals surface area contributed by atoms with E-state index in [1.165, 1.54) is 17.9 Å². The molecule has 0 bridgehead atoms. The van der Waals surface area contributed by atoms with Crippen molar-refractivity contribution >= 4 is 11.8 Å². The van der Waals surface area contributed by atoms with E-state index in [0.717, 1.165) is 46.1 Å². The van der Waals surface area contributed by atoms with Crippen LogP contribution in [-0.4, -0.2) is 51.1 Å². The Labute approximate surface area is 90.5 Å². The van der Waals surface area contributed by atoms with Crippen LogP contribution < -0.4 is 0 Å². The maximum atomic E-state index is 5.17. The monoisotopic (exact) mass is 220 g/mol. The molecule has 3 nitrogen and oxygen atoms in total. The maximum Gasteiger partial charge on any atom is 0.0700 e. The molecule has 0 aliphatic carbocycles. The molecule has 0 saturated carbocycles. The number of hydrogen-bond donors (Lipinski definition) is 0. The van der Waals surface area contributed by atoms with Crippen LogP contribution in [-0.2, 0) is 14.2 Å². The first kappa shape index (κ1) is 12.3. The van der Waals surface area contributed by atoms with Gasteiger partial charge < -0.3 is 14.2 Å². The summed E-state index contributed by atoms with van der Waals surface area (Å²) in [6, 6.07) is 0. The molecule has 2 aliphatic rings. The Bertz CT molecular complexity index is 68.6. The van der Waals surface area contributed by atoms with Crippen molar-refractivity contribution in [1.82, 2.24) is 0 Å². The highest BCUT2D eigenvalue weighted by Crippen LogP contribution is 2.05. The van der Waals surface area contributed by atoms with Crippen LogP contribution in [0.25, 0.3) is 0 Å². The summed E-state index contributed by atoms with van der Waals surface area (Å²) in [7, 11) is 0. The van der Waals surface area contributed by atoms with Crippen LogP contribution in [0.4, 0.5) is 0 Å². The molecule has 0 aromatic rings. The molecule has 0 atom stereocenters. The lowest BCUT2D eigenvalue weighted by molar-refractivity contribution is 0.103. The fourth-order valence-electron chi connectivity index (χ4n) is 1.17. The highest BCUT2D eigenvalue weighted by molar-refractivity contribution is 7.99. The van der Waals surface area contributed by atoms with Crippen LogP contribution in [0, 0.1) is 0 Å². The van der Waals surface area contributed by atoms with Gasteiger partial charge in [0.2, 0.25) is 0 Å².